The summed E-state index contributed by atoms with van der Waals surface area (Å²) in [7, 11) is 0. The molecule has 0 aliphatic rings. The van der Waals surface area contributed by atoms with Crippen LogP contribution in [-0.2, 0) is 5.75 Å². The predicted octanol–water partition coefficient (Wildman–Crippen LogP) is 4.42. The number of nitrogens with one attached hydrogen (secondary N) is 1. The van der Waals surface area contributed by atoms with Crippen molar-refractivity contribution in [3.05, 3.63) is 44.9 Å². The van der Waals surface area contributed by atoms with Gasteiger partial charge in [-0.2, -0.15) is 0 Å². The molecule has 0 bridgehead atoms. The lowest BCUT2D eigenvalue weighted by atomic mass is 10.2. The molecule has 0 fully saturated rings. The number of anilines is 1. The molecule has 2 rings (SSSR count). The molecule has 0 amide bonds. The Kier molecular flexibility index (Phi) is 5.65. The number of aryl methyl sites for hydroxylation is 2. The van der Waals surface area contributed by atoms with Crippen LogP contribution in [0.2, 0.25) is 0 Å². The maximum atomic E-state index is 4.61. The molecule has 106 valence electrons. The molecule has 1 aromatic heterocycles. The molecule has 1 heterocycles. The van der Waals surface area contributed by atoms with Crippen molar-refractivity contribution in [2.75, 3.05) is 11.9 Å². The quantitative estimate of drug-likeness (QED) is 0.597. The van der Waals surface area contributed by atoms with Gasteiger partial charge in [0.15, 0.2) is 0 Å². The van der Waals surface area contributed by atoms with E-state index in [9.17, 15) is 0 Å². The molecular weight excluding hydrogens is 381 g/mol. The Morgan fingerprint density at radius 3 is 2.75 bits per heavy atom. The van der Waals surface area contributed by atoms with E-state index in [0.29, 0.717) is 0 Å². The van der Waals surface area contributed by atoms with E-state index in [-0.39, 0.29) is 0 Å². The molecule has 1 aromatic carbocycles. The van der Waals surface area contributed by atoms with Gasteiger partial charge < -0.3 is 5.32 Å². The second-order valence-electron chi connectivity index (χ2n) is 4.52. The third kappa shape index (κ3) is 4.09. The Labute approximate surface area is 138 Å². The number of hydrogen-bond donors (Lipinski definition) is 1. The fourth-order valence-corrected chi connectivity index (χ4v) is 3.12. The van der Waals surface area contributed by atoms with Crippen LogP contribution in [0, 0.1) is 17.4 Å². The summed E-state index contributed by atoms with van der Waals surface area (Å²) in [5, 5.41) is 3.30. The molecule has 0 atom stereocenters. The molecular formula is C15H18IN3S. The maximum Gasteiger partial charge on any atom is 0.143 e. The molecule has 0 spiro atoms. The van der Waals surface area contributed by atoms with Gasteiger partial charge in [-0.1, -0.05) is 17.7 Å². The number of hydrogen-bond acceptors (Lipinski definition) is 4. The Bertz CT molecular complexity index is 602. The number of thioether (sulfide) groups is 1. The second kappa shape index (κ2) is 7.26. The second-order valence-corrected chi connectivity index (χ2v) is 6.65. The average Bonchev–Trinajstić information content (AvgIpc) is 2.42. The van der Waals surface area contributed by atoms with E-state index in [1.165, 1.54) is 10.5 Å². The van der Waals surface area contributed by atoms with E-state index in [0.717, 1.165) is 33.2 Å². The summed E-state index contributed by atoms with van der Waals surface area (Å²) in [6.07, 6.45) is 0. The van der Waals surface area contributed by atoms with Crippen molar-refractivity contribution in [3.63, 3.8) is 0 Å². The van der Waals surface area contributed by atoms with Gasteiger partial charge in [0.05, 0.1) is 15.0 Å². The van der Waals surface area contributed by atoms with Crippen LogP contribution in [0.3, 0.4) is 0 Å². The van der Waals surface area contributed by atoms with Gasteiger partial charge in [0.1, 0.15) is 11.6 Å². The largest absolute Gasteiger partial charge is 0.369 e. The molecule has 2 aromatic rings. The van der Waals surface area contributed by atoms with Crippen molar-refractivity contribution in [2.24, 2.45) is 0 Å². The molecule has 20 heavy (non-hydrogen) atoms. The van der Waals surface area contributed by atoms with E-state index in [2.05, 4.69) is 76.0 Å². The van der Waals surface area contributed by atoms with Crippen LogP contribution in [0.5, 0.6) is 0 Å². The van der Waals surface area contributed by atoms with Gasteiger partial charge in [-0.25, -0.2) is 9.97 Å². The first-order chi connectivity index (χ1) is 9.60. The summed E-state index contributed by atoms with van der Waals surface area (Å²) in [5.41, 5.74) is 2.32. The highest BCUT2D eigenvalue weighted by Crippen LogP contribution is 2.24. The van der Waals surface area contributed by atoms with Crippen molar-refractivity contribution in [3.8, 4) is 0 Å². The monoisotopic (exact) mass is 399 g/mol. The van der Waals surface area contributed by atoms with Crippen molar-refractivity contribution < 1.29 is 0 Å². The number of aromatic nitrogens is 2. The summed E-state index contributed by atoms with van der Waals surface area (Å²) in [6.45, 7) is 7.09. The normalized spacial score (nSPS) is 10.6. The van der Waals surface area contributed by atoms with Crippen molar-refractivity contribution >= 4 is 40.2 Å². The van der Waals surface area contributed by atoms with Gasteiger partial charge in [0, 0.05) is 11.4 Å². The van der Waals surface area contributed by atoms with Gasteiger partial charge in [0.25, 0.3) is 0 Å². The van der Waals surface area contributed by atoms with Crippen molar-refractivity contribution in [1.29, 1.82) is 0 Å². The Morgan fingerprint density at radius 1 is 1.25 bits per heavy atom. The molecule has 0 unspecified atom stereocenters. The highest BCUT2D eigenvalue weighted by Gasteiger charge is 2.09. The van der Waals surface area contributed by atoms with Gasteiger partial charge in [-0.15, -0.1) is 11.8 Å². The minimum atomic E-state index is 0.791. The fourth-order valence-electron chi connectivity index (χ4n) is 1.82. The smallest absolute Gasteiger partial charge is 0.143 e. The highest BCUT2D eigenvalue weighted by molar-refractivity contribution is 14.1. The zero-order chi connectivity index (χ0) is 14.5. The lowest BCUT2D eigenvalue weighted by molar-refractivity contribution is 0.974. The summed E-state index contributed by atoms with van der Waals surface area (Å²) >= 11 is 4.07. The molecule has 5 heteroatoms. The number of nitrogens with zero attached hydrogens (tertiary/aromatic N) is 2. The minimum absolute atomic E-state index is 0.791. The first kappa shape index (κ1) is 15.6. The Morgan fingerprint density at radius 2 is 2.05 bits per heavy atom. The number of rotatable bonds is 5. The van der Waals surface area contributed by atoms with E-state index < -0.39 is 0 Å². The first-order valence-corrected chi connectivity index (χ1v) is 8.63. The topological polar surface area (TPSA) is 37.8 Å². The van der Waals surface area contributed by atoms with Gasteiger partial charge in [-0.3, -0.25) is 0 Å². The zero-order valence-corrected chi connectivity index (χ0v) is 14.9. The maximum absolute atomic E-state index is 4.61. The van der Waals surface area contributed by atoms with Crippen LogP contribution in [0.25, 0.3) is 0 Å². The van der Waals surface area contributed by atoms with Crippen molar-refractivity contribution in [2.45, 2.75) is 31.4 Å². The van der Waals surface area contributed by atoms with Crippen LogP contribution in [-0.4, -0.2) is 16.5 Å². The van der Waals surface area contributed by atoms with E-state index in [1.807, 2.05) is 6.92 Å². The lowest BCUT2D eigenvalue weighted by Gasteiger charge is -2.10. The third-order valence-electron chi connectivity index (χ3n) is 2.76. The van der Waals surface area contributed by atoms with E-state index in [4.69, 9.17) is 0 Å². The Balaban J connectivity index is 2.13. The summed E-state index contributed by atoms with van der Waals surface area (Å²) in [6, 6.07) is 8.51. The van der Waals surface area contributed by atoms with Crippen LogP contribution in [0.4, 0.5) is 5.82 Å². The molecule has 1 N–H and O–H groups in total. The standard InChI is InChI=1S/C15H18IN3S/c1-4-17-15-14(16)11(3)18-13(19-15)9-20-12-7-5-6-10(2)8-12/h5-8H,4,9H2,1-3H3,(H,17,18,19). The van der Waals surface area contributed by atoms with Crippen LogP contribution in [0.1, 0.15) is 24.0 Å². The number of halogens is 1. The van der Waals surface area contributed by atoms with Crippen LogP contribution in [0.15, 0.2) is 29.2 Å². The van der Waals surface area contributed by atoms with E-state index in [1.54, 1.807) is 11.8 Å². The van der Waals surface area contributed by atoms with Gasteiger partial charge in [-0.05, 0) is 55.5 Å². The molecule has 0 radical (unpaired) electrons. The minimum Gasteiger partial charge on any atom is -0.369 e. The SMILES string of the molecule is CCNc1nc(CSc2cccc(C)c2)nc(C)c1I. The molecule has 0 saturated heterocycles. The summed E-state index contributed by atoms with van der Waals surface area (Å²) in [5.74, 6) is 2.62. The number of benzene rings is 1. The van der Waals surface area contributed by atoms with Crippen LogP contribution < -0.4 is 5.32 Å². The molecule has 0 aliphatic carbocycles. The highest BCUT2D eigenvalue weighted by atomic mass is 127. The lowest BCUT2D eigenvalue weighted by Crippen LogP contribution is -2.07. The Hall–Kier alpha value is -0.820. The van der Waals surface area contributed by atoms with Crippen LogP contribution >= 0.6 is 34.4 Å². The van der Waals surface area contributed by atoms with Gasteiger partial charge in [0.2, 0.25) is 0 Å². The fraction of sp³-hybridized carbons (Fsp3) is 0.333. The van der Waals surface area contributed by atoms with Crippen molar-refractivity contribution in [1.82, 2.24) is 9.97 Å². The average molecular weight is 399 g/mol. The van der Waals surface area contributed by atoms with Gasteiger partial charge >= 0.3 is 0 Å². The third-order valence-corrected chi connectivity index (χ3v) is 5.05. The predicted molar refractivity (Wildman–Crippen MR) is 94.4 cm³/mol. The zero-order valence-electron chi connectivity index (χ0n) is 11.9. The molecule has 0 saturated carbocycles. The first-order valence-electron chi connectivity index (χ1n) is 6.56. The molecule has 0 aliphatic heterocycles. The summed E-state index contributed by atoms with van der Waals surface area (Å²) in [4.78, 5) is 10.4. The molecule has 3 nitrogen and oxygen atoms in total. The van der Waals surface area contributed by atoms with E-state index >= 15 is 0 Å². The summed E-state index contributed by atoms with van der Waals surface area (Å²) < 4.78 is 1.11.